The number of aromatic nitrogens is 2. The summed E-state index contributed by atoms with van der Waals surface area (Å²) in [5.74, 6) is 2.01. The van der Waals surface area contributed by atoms with Crippen LogP contribution in [0.4, 0.5) is 0 Å². The van der Waals surface area contributed by atoms with Gasteiger partial charge in [-0.05, 0) is 49.9 Å². The van der Waals surface area contributed by atoms with Crippen molar-refractivity contribution in [3.05, 3.63) is 59.4 Å². The molecule has 0 fully saturated rings. The number of carbonyl (C=O) groups is 1. The number of carbonyl (C=O) groups excluding carboxylic acids is 1. The minimum absolute atomic E-state index is 0.125. The SMILES string of the molecule is CCC(=O)NCCCCCc1nc2ccccc2n1CCCCOc1ccccc1Cl. The Kier molecular flexibility index (Phi) is 9.22. The number of fused-ring (bicyclic) bond motifs is 1. The first-order valence-corrected chi connectivity index (χ1v) is 11.6. The van der Waals surface area contributed by atoms with Gasteiger partial charge in [-0.3, -0.25) is 4.79 Å². The van der Waals surface area contributed by atoms with Gasteiger partial charge in [0.25, 0.3) is 0 Å². The van der Waals surface area contributed by atoms with Crippen LogP contribution in [0.15, 0.2) is 48.5 Å². The van der Waals surface area contributed by atoms with Crippen molar-refractivity contribution >= 4 is 28.5 Å². The average Bonchev–Trinajstić information content (AvgIpc) is 3.14. The van der Waals surface area contributed by atoms with Crippen LogP contribution in [0.2, 0.25) is 5.02 Å². The van der Waals surface area contributed by atoms with E-state index < -0.39 is 0 Å². The second kappa shape index (κ2) is 12.4. The summed E-state index contributed by atoms with van der Waals surface area (Å²) in [4.78, 5) is 16.2. The van der Waals surface area contributed by atoms with Gasteiger partial charge >= 0.3 is 0 Å². The highest BCUT2D eigenvalue weighted by atomic mass is 35.5. The third kappa shape index (κ3) is 7.00. The molecule has 1 amide bonds. The molecule has 1 aromatic heterocycles. The van der Waals surface area contributed by atoms with E-state index in [1.165, 1.54) is 5.52 Å². The van der Waals surface area contributed by atoms with Gasteiger partial charge in [0, 0.05) is 25.9 Å². The van der Waals surface area contributed by atoms with Gasteiger partial charge in [0.15, 0.2) is 0 Å². The van der Waals surface area contributed by atoms with Gasteiger partial charge in [0.1, 0.15) is 11.6 Å². The van der Waals surface area contributed by atoms with Crippen LogP contribution in [0.3, 0.4) is 0 Å². The van der Waals surface area contributed by atoms with E-state index in [1.807, 2.05) is 37.3 Å². The zero-order valence-electron chi connectivity index (χ0n) is 18.3. The molecule has 1 N–H and O–H groups in total. The van der Waals surface area contributed by atoms with Gasteiger partial charge in [-0.1, -0.05) is 49.2 Å². The van der Waals surface area contributed by atoms with Gasteiger partial charge in [-0.15, -0.1) is 0 Å². The number of imidazole rings is 1. The summed E-state index contributed by atoms with van der Waals surface area (Å²) in [5, 5.41) is 3.59. The normalized spacial score (nSPS) is 11.0. The second-order valence-corrected chi connectivity index (χ2v) is 8.08. The van der Waals surface area contributed by atoms with E-state index in [0.29, 0.717) is 18.1 Å². The number of ether oxygens (including phenoxy) is 1. The molecule has 0 saturated carbocycles. The summed E-state index contributed by atoms with van der Waals surface area (Å²) in [6.45, 7) is 4.21. The van der Waals surface area contributed by atoms with Crippen LogP contribution in [-0.4, -0.2) is 28.6 Å². The molecule has 0 spiro atoms. The quantitative estimate of drug-likeness (QED) is 0.341. The molecule has 5 nitrogen and oxygen atoms in total. The summed E-state index contributed by atoms with van der Waals surface area (Å²) in [7, 11) is 0. The number of hydrogen-bond donors (Lipinski definition) is 1. The Morgan fingerprint density at radius 2 is 1.84 bits per heavy atom. The second-order valence-electron chi connectivity index (χ2n) is 7.67. The summed E-state index contributed by atoms with van der Waals surface area (Å²) in [6.07, 6.45) is 6.63. The number of hydrogen-bond acceptors (Lipinski definition) is 3. The molecule has 0 unspecified atom stereocenters. The van der Waals surface area contributed by atoms with E-state index in [1.54, 1.807) is 0 Å². The number of nitrogens with one attached hydrogen (secondary N) is 1. The minimum Gasteiger partial charge on any atom is -0.492 e. The molecule has 0 aliphatic rings. The largest absolute Gasteiger partial charge is 0.492 e. The molecule has 0 radical (unpaired) electrons. The lowest BCUT2D eigenvalue weighted by Gasteiger charge is -2.11. The van der Waals surface area contributed by atoms with Crippen LogP contribution in [0.5, 0.6) is 5.75 Å². The van der Waals surface area contributed by atoms with Gasteiger partial charge in [-0.2, -0.15) is 0 Å². The molecule has 0 aliphatic carbocycles. The zero-order valence-corrected chi connectivity index (χ0v) is 19.0. The summed E-state index contributed by atoms with van der Waals surface area (Å²) in [6, 6.07) is 15.9. The fourth-order valence-electron chi connectivity index (χ4n) is 3.62. The van der Waals surface area contributed by atoms with E-state index >= 15 is 0 Å². The molecule has 166 valence electrons. The van der Waals surface area contributed by atoms with E-state index in [2.05, 4.69) is 28.1 Å². The molecule has 1 heterocycles. The number of para-hydroxylation sites is 3. The number of rotatable bonds is 13. The average molecular weight is 442 g/mol. The number of nitrogens with zero attached hydrogens (tertiary/aromatic N) is 2. The smallest absolute Gasteiger partial charge is 0.219 e. The van der Waals surface area contributed by atoms with Crippen LogP contribution in [0, 0.1) is 0 Å². The first-order valence-electron chi connectivity index (χ1n) is 11.3. The van der Waals surface area contributed by atoms with Crippen molar-refractivity contribution in [2.45, 2.75) is 58.4 Å². The highest BCUT2D eigenvalue weighted by molar-refractivity contribution is 6.32. The number of halogens is 1. The third-order valence-corrected chi connectivity index (χ3v) is 5.64. The highest BCUT2D eigenvalue weighted by Crippen LogP contribution is 2.23. The predicted molar refractivity (Wildman–Crippen MR) is 127 cm³/mol. The fourth-order valence-corrected chi connectivity index (χ4v) is 3.81. The molecule has 31 heavy (non-hydrogen) atoms. The van der Waals surface area contributed by atoms with Gasteiger partial charge < -0.3 is 14.6 Å². The molecule has 2 aromatic carbocycles. The summed E-state index contributed by atoms with van der Waals surface area (Å²) >= 11 is 6.15. The Bertz CT molecular complexity index is 970. The molecule has 0 saturated heterocycles. The highest BCUT2D eigenvalue weighted by Gasteiger charge is 2.10. The lowest BCUT2D eigenvalue weighted by molar-refractivity contribution is -0.120. The number of benzene rings is 2. The van der Waals surface area contributed by atoms with E-state index in [-0.39, 0.29) is 5.91 Å². The molecule has 0 atom stereocenters. The van der Waals surface area contributed by atoms with E-state index in [0.717, 1.165) is 68.7 Å². The zero-order chi connectivity index (χ0) is 21.9. The molecular formula is C25H32ClN3O2. The standard InChI is InChI=1S/C25H32ClN3O2/c1-2-25(30)27-17-9-3-4-16-24-28-21-13-6-7-14-22(21)29(24)18-10-11-19-31-23-15-8-5-12-20(23)26/h5-8,12-15H,2-4,9-11,16-19H2,1H3,(H,27,30). The Labute approximate surface area is 189 Å². The Hall–Kier alpha value is -2.53. The lowest BCUT2D eigenvalue weighted by Crippen LogP contribution is -2.23. The van der Waals surface area contributed by atoms with Gasteiger partial charge in [-0.25, -0.2) is 4.98 Å². The van der Waals surface area contributed by atoms with Crippen molar-refractivity contribution in [2.75, 3.05) is 13.2 Å². The monoisotopic (exact) mass is 441 g/mol. The number of aryl methyl sites for hydroxylation is 2. The topological polar surface area (TPSA) is 56.2 Å². The van der Waals surface area contributed by atoms with Crippen molar-refractivity contribution in [1.82, 2.24) is 14.9 Å². The molecule has 0 aliphatic heterocycles. The lowest BCUT2D eigenvalue weighted by atomic mass is 10.2. The van der Waals surface area contributed by atoms with Crippen molar-refractivity contribution in [1.29, 1.82) is 0 Å². The van der Waals surface area contributed by atoms with Crippen LogP contribution in [0.1, 0.15) is 51.3 Å². The van der Waals surface area contributed by atoms with Crippen LogP contribution in [0.25, 0.3) is 11.0 Å². The van der Waals surface area contributed by atoms with Crippen LogP contribution < -0.4 is 10.1 Å². The molecular weight excluding hydrogens is 410 g/mol. The molecule has 3 aromatic rings. The first-order chi connectivity index (χ1) is 15.2. The number of unbranched alkanes of at least 4 members (excludes halogenated alkanes) is 3. The molecule has 6 heteroatoms. The maximum absolute atomic E-state index is 11.3. The van der Waals surface area contributed by atoms with Crippen molar-refractivity contribution < 1.29 is 9.53 Å². The van der Waals surface area contributed by atoms with E-state index in [4.69, 9.17) is 21.3 Å². The van der Waals surface area contributed by atoms with Crippen molar-refractivity contribution in [3.8, 4) is 5.75 Å². The predicted octanol–water partition coefficient (Wildman–Crippen LogP) is 5.79. The number of amides is 1. The fraction of sp³-hybridized carbons (Fsp3) is 0.440. The molecule has 0 bridgehead atoms. The Balaban J connectivity index is 1.48. The van der Waals surface area contributed by atoms with E-state index in [9.17, 15) is 4.79 Å². The molecule has 3 rings (SSSR count). The van der Waals surface area contributed by atoms with Crippen LogP contribution in [-0.2, 0) is 17.8 Å². The van der Waals surface area contributed by atoms with Crippen molar-refractivity contribution in [2.24, 2.45) is 0 Å². The summed E-state index contributed by atoms with van der Waals surface area (Å²) in [5.41, 5.74) is 2.25. The van der Waals surface area contributed by atoms with Crippen LogP contribution >= 0.6 is 11.6 Å². The van der Waals surface area contributed by atoms with Gasteiger partial charge in [0.2, 0.25) is 5.91 Å². The van der Waals surface area contributed by atoms with Gasteiger partial charge in [0.05, 0.1) is 22.7 Å². The Morgan fingerprint density at radius 3 is 2.68 bits per heavy atom. The minimum atomic E-state index is 0.125. The third-order valence-electron chi connectivity index (χ3n) is 5.32. The maximum Gasteiger partial charge on any atom is 0.219 e. The first kappa shape index (κ1) is 23.1. The summed E-state index contributed by atoms with van der Waals surface area (Å²) < 4.78 is 8.17. The maximum atomic E-state index is 11.3. The Morgan fingerprint density at radius 1 is 1.03 bits per heavy atom. The van der Waals surface area contributed by atoms with Crippen molar-refractivity contribution in [3.63, 3.8) is 0 Å².